The Morgan fingerprint density at radius 1 is 1.00 bits per heavy atom. The van der Waals surface area contributed by atoms with Crippen molar-refractivity contribution in [3.05, 3.63) is 94.5 Å². The lowest BCUT2D eigenvalue weighted by Gasteiger charge is -2.30. The normalized spacial score (nSPS) is 14.8. The minimum Gasteiger partial charge on any atom is -0.333 e. The van der Waals surface area contributed by atoms with Crippen LogP contribution in [0, 0.1) is 0 Å². The molecule has 0 unspecified atom stereocenters. The quantitative estimate of drug-likeness (QED) is 0.456. The van der Waals surface area contributed by atoms with E-state index in [1.165, 1.54) is 21.4 Å². The van der Waals surface area contributed by atoms with Gasteiger partial charge in [-0.2, -0.15) is 0 Å². The van der Waals surface area contributed by atoms with Crippen LogP contribution < -0.4 is 0 Å². The average Bonchev–Trinajstić information content (AvgIpc) is 3.34. The largest absolute Gasteiger partial charge is 0.333 e. The number of rotatable bonds is 3. The first-order chi connectivity index (χ1) is 13.7. The molecular formula is C24H22N2OS. The average molecular weight is 387 g/mol. The van der Waals surface area contributed by atoms with Crippen LogP contribution in [0.5, 0.6) is 0 Å². The summed E-state index contributed by atoms with van der Waals surface area (Å²) in [5.74, 6) is 0.126. The van der Waals surface area contributed by atoms with E-state index < -0.39 is 0 Å². The van der Waals surface area contributed by atoms with Gasteiger partial charge in [-0.1, -0.05) is 54.6 Å². The molecule has 1 aliphatic rings. The number of thiophene rings is 1. The number of hydrogen-bond acceptors (Lipinski definition) is 2. The highest BCUT2D eigenvalue weighted by atomic mass is 32.1. The number of carbonyl (C=O) groups is 1. The molecule has 2 aromatic heterocycles. The van der Waals surface area contributed by atoms with E-state index in [2.05, 4.69) is 77.5 Å². The van der Waals surface area contributed by atoms with Crippen molar-refractivity contribution in [1.29, 1.82) is 0 Å². The molecule has 0 saturated heterocycles. The van der Waals surface area contributed by atoms with Gasteiger partial charge in [0.2, 0.25) is 0 Å². The molecule has 0 bridgehead atoms. The Morgan fingerprint density at radius 3 is 2.57 bits per heavy atom. The molecular weight excluding hydrogens is 364 g/mol. The van der Waals surface area contributed by atoms with Crippen molar-refractivity contribution in [2.45, 2.75) is 25.9 Å². The summed E-state index contributed by atoms with van der Waals surface area (Å²) in [6.45, 7) is 3.64. The molecule has 2 aromatic carbocycles. The highest BCUT2D eigenvalue weighted by Crippen LogP contribution is 2.32. The number of benzene rings is 2. The zero-order valence-electron chi connectivity index (χ0n) is 15.8. The number of carbonyl (C=O) groups excluding carboxylic acids is 1. The summed E-state index contributed by atoms with van der Waals surface area (Å²) >= 11 is 1.70. The molecule has 0 radical (unpaired) electrons. The summed E-state index contributed by atoms with van der Waals surface area (Å²) in [6.07, 6.45) is 0.922. The molecule has 3 nitrogen and oxygen atoms in total. The van der Waals surface area contributed by atoms with Gasteiger partial charge in [0.25, 0.3) is 5.91 Å². The van der Waals surface area contributed by atoms with Gasteiger partial charge in [-0.05, 0) is 47.5 Å². The highest BCUT2D eigenvalue weighted by molar-refractivity contribution is 7.17. The number of nitrogens with zero attached hydrogens (tertiary/aromatic N) is 2. The van der Waals surface area contributed by atoms with Crippen molar-refractivity contribution in [2.75, 3.05) is 6.54 Å². The van der Waals surface area contributed by atoms with Crippen molar-refractivity contribution in [1.82, 2.24) is 9.47 Å². The molecule has 0 N–H and O–H groups in total. The van der Waals surface area contributed by atoms with Gasteiger partial charge in [0.15, 0.2) is 0 Å². The van der Waals surface area contributed by atoms with Gasteiger partial charge in [0.1, 0.15) is 5.69 Å². The SMILES string of the molecule is C[C@H](c1ccccc1)n1c(C(=O)N2CCc3ccccc3C2)cc2sccc21. The zero-order valence-corrected chi connectivity index (χ0v) is 16.7. The summed E-state index contributed by atoms with van der Waals surface area (Å²) in [6, 6.07) is 23.2. The predicted octanol–water partition coefficient (Wildman–Crippen LogP) is 5.51. The van der Waals surface area contributed by atoms with Gasteiger partial charge in [0.05, 0.1) is 16.3 Å². The number of hydrogen-bond donors (Lipinski definition) is 0. The number of aromatic nitrogens is 1. The van der Waals surface area contributed by atoms with Gasteiger partial charge in [-0.25, -0.2) is 0 Å². The van der Waals surface area contributed by atoms with E-state index in [1.54, 1.807) is 11.3 Å². The lowest BCUT2D eigenvalue weighted by molar-refractivity contribution is 0.0723. The third-order valence-corrected chi connectivity index (χ3v) is 6.62. The molecule has 1 amide bonds. The van der Waals surface area contributed by atoms with Crippen LogP contribution in [0.1, 0.15) is 40.1 Å². The lowest BCUT2D eigenvalue weighted by Crippen LogP contribution is -2.37. The van der Waals surface area contributed by atoms with Crippen LogP contribution in [0.3, 0.4) is 0 Å². The van der Waals surface area contributed by atoms with E-state index in [0.717, 1.165) is 24.2 Å². The van der Waals surface area contributed by atoms with E-state index in [9.17, 15) is 4.79 Å². The second kappa shape index (κ2) is 6.95. The Bertz CT molecular complexity index is 1140. The fourth-order valence-corrected chi connectivity index (χ4v) is 5.05. The second-order valence-corrected chi connectivity index (χ2v) is 8.35. The maximum absolute atomic E-state index is 13.5. The van der Waals surface area contributed by atoms with Crippen LogP contribution in [0.2, 0.25) is 0 Å². The summed E-state index contributed by atoms with van der Waals surface area (Å²) in [5.41, 5.74) is 5.77. The fourth-order valence-electron chi connectivity index (χ4n) is 4.24. The Kier molecular flexibility index (Phi) is 4.29. The zero-order chi connectivity index (χ0) is 19.1. The maximum atomic E-state index is 13.5. The van der Waals surface area contributed by atoms with E-state index >= 15 is 0 Å². The smallest absolute Gasteiger partial charge is 0.270 e. The molecule has 4 heteroatoms. The van der Waals surface area contributed by atoms with E-state index in [0.29, 0.717) is 6.54 Å². The molecule has 4 aromatic rings. The Labute approximate surface area is 168 Å². The molecule has 0 spiro atoms. The third-order valence-electron chi connectivity index (χ3n) is 5.77. The third kappa shape index (κ3) is 2.85. The van der Waals surface area contributed by atoms with Crippen LogP contribution in [0.25, 0.3) is 10.2 Å². The Balaban J connectivity index is 1.54. The molecule has 0 aliphatic carbocycles. The van der Waals surface area contributed by atoms with E-state index in [4.69, 9.17) is 0 Å². The van der Waals surface area contributed by atoms with Crippen molar-refractivity contribution in [2.24, 2.45) is 0 Å². The van der Waals surface area contributed by atoms with Gasteiger partial charge in [0, 0.05) is 13.1 Å². The first-order valence-corrected chi connectivity index (χ1v) is 10.6. The molecule has 5 rings (SSSR count). The Hall–Kier alpha value is -2.85. The molecule has 0 saturated carbocycles. The molecule has 1 atom stereocenters. The lowest BCUT2D eigenvalue weighted by atomic mass is 10.00. The second-order valence-electron chi connectivity index (χ2n) is 7.40. The first kappa shape index (κ1) is 17.3. The van der Waals surface area contributed by atoms with Gasteiger partial charge < -0.3 is 9.47 Å². The molecule has 3 heterocycles. The van der Waals surface area contributed by atoms with Crippen LogP contribution in [-0.4, -0.2) is 21.9 Å². The van der Waals surface area contributed by atoms with Gasteiger partial charge >= 0.3 is 0 Å². The van der Waals surface area contributed by atoms with Crippen LogP contribution in [0.4, 0.5) is 0 Å². The summed E-state index contributed by atoms with van der Waals surface area (Å²) < 4.78 is 3.38. The topological polar surface area (TPSA) is 25.2 Å². The Morgan fingerprint density at radius 2 is 1.75 bits per heavy atom. The van der Waals surface area contributed by atoms with Crippen LogP contribution in [-0.2, 0) is 13.0 Å². The minimum absolute atomic E-state index is 0.101. The number of fused-ring (bicyclic) bond motifs is 2. The summed E-state index contributed by atoms with van der Waals surface area (Å²) in [4.78, 5) is 15.5. The summed E-state index contributed by atoms with van der Waals surface area (Å²) in [5, 5.41) is 2.10. The van der Waals surface area contributed by atoms with E-state index in [-0.39, 0.29) is 11.9 Å². The maximum Gasteiger partial charge on any atom is 0.270 e. The molecule has 28 heavy (non-hydrogen) atoms. The first-order valence-electron chi connectivity index (χ1n) is 9.72. The van der Waals surface area contributed by atoms with Crippen molar-refractivity contribution in [3.8, 4) is 0 Å². The summed E-state index contributed by atoms with van der Waals surface area (Å²) in [7, 11) is 0. The standard InChI is InChI=1S/C24H22N2OS/c1-17(18-7-3-2-4-8-18)26-21-12-14-28-23(21)15-22(26)24(27)25-13-11-19-9-5-6-10-20(19)16-25/h2-10,12,14-15,17H,11,13,16H2,1H3/t17-/m1/s1. The van der Waals surface area contributed by atoms with Crippen molar-refractivity contribution >= 4 is 27.5 Å². The molecule has 1 aliphatic heterocycles. The molecule has 140 valence electrons. The molecule has 0 fully saturated rings. The van der Waals surface area contributed by atoms with Gasteiger partial charge in [-0.15, -0.1) is 11.3 Å². The van der Waals surface area contributed by atoms with Crippen molar-refractivity contribution < 1.29 is 4.79 Å². The number of amides is 1. The van der Waals surface area contributed by atoms with E-state index in [1.807, 2.05) is 11.0 Å². The monoisotopic (exact) mass is 386 g/mol. The predicted molar refractivity (Wildman–Crippen MR) is 115 cm³/mol. The van der Waals surface area contributed by atoms with Crippen LogP contribution in [0.15, 0.2) is 72.1 Å². The fraction of sp³-hybridized carbons (Fsp3) is 0.208. The van der Waals surface area contributed by atoms with Crippen molar-refractivity contribution in [3.63, 3.8) is 0 Å². The van der Waals surface area contributed by atoms with Gasteiger partial charge in [-0.3, -0.25) is 4.79 Å². The highest BCUT2D eigenvalue weighted by Gasteiger charge is 2.27. The van der Waals surface area contributed by atoms with Crippen LogP contribution >= 0.6 is 11.3 Å². The minimum atomic E-state index is 0.101.